The van der Waals surface area contributed by atoms with Crippen LogP contribution >= 0.6 is 11.8 Å². The Morgan fingerprint density at radius 1 is 1.00 bits per heavy atom. The predicted molar refractivity (Wildman–Crippen MR) is 131 cm³/mol. The zero-order valence-corrected chi connectivity index (χ0v) is 18.8. The van der Waals surface area contributed by atoms with Crippen molar-refractivity contribution in [3.63, 3.8) is 0 Å². The molecule has 8 heteroatoms. The van der Waals surface area contributed by atoms with Crippen molar-refractivity contribution in [1.82, 2.24) is 9.55 Å². The molecule has 5 rings (SSSR count). The van der Waals surface area contributed by atoms with Gasteiger partial charge in [0.05, 0.1) is 33.7 Å². The normalized spacial score (nSPS) is 11.9. The molecule has 0 bridgehead atoms. The predicted octanol–water partition coefficient (Wildman–Crippen LogP) is 5.60. The SMILES string of the molecule is CC(Sc1nc(N)c(C#N)c(-c2ccco2)c1C#N)C(=O)n1c2ccccc2c2ccccc21. The molecule has 7 nitrogen and oxygen atoms in total. The second kappa shape index (κ2) is 8.43. The van der Waals surface area contributed by atoms with Gasteiger partial charge >= 0.3 is 0 Å². The van der Waals surface area contributed by atoms with Crippen LogP contribution in [0.3, 0.4) is 0 Å². The van der Waals surface area contributed by atoms with Gasteiger partial charge in [0, 0.05) is 10.8 Å². The van der Waals surface area contributed by atoms with E-state index in [1.807, 2.05) is 54.6 Å². The number of aromatic nitrogens is 2. The number of hydrogen-bond acceptors (Lipinski definition) is 7. The molecule has 0 aliphatic carbocycles. The number of nitrogens with two attached hydrogens (primary N) is 1. The first-order valence-corrected chi connectivity index (χ1v) is 11.3. The van der Waals surface area contributed by atoms with Gasteiger partial charge in [0.2, 0.25) is 5.91 Å². The number of pyridine rings is 1. The van der Waals surface area contributed by atoms with Crippen molar-refractivity contribution < 1.29 is 9.21 Å². The number of nitrogens with zero attached hydrogens (tertiary/aromatic N) is 4. The van der Waals surface area contributed by atoms with Crippen LogP contribution in [0.5, 0.6) is 0 Å². The van der Waals surface area contributed by atoms with Crippen LogP contribution in [0.1, 0.15) is 22.8 Å². The molecule has 2 N–H and O–H groups in total. The zero-order valence-electron chi connectivity index (χ0n) is 18.0. The molecule has 0 amide bonds. The second-order valence-electron chi connectivity index (χ2n) is 7.60. The first-order valence-electron chi connectivity index (χ1n) is 10.4. The summed E-state index contributed by atoms with van der Waals surface area (Å²) in [5, 5.41) is 21.2. The highest BCUT2D eigenvalue weighted by Crippen LogP contribution is 2.38. The van der Waals surface area contributed by atoms with Crippen molar-refractivity contribution in [2.75, 3.05) is 5.73 Å². The van der Waals surface area contributed by atoms with Gasteiger partial charge in [-0.25, -0.2) is 4.98 Å². The molecule has 0 saturated carbocycles. The van der Waals surface area contributed by atoms with Crippen LogP contribution in [0.25, 0.3) is 33.1 Å². The maximum Gasteiger partial charge on any atom is 0.244 e. The third kappa shape index (κ3) is 3.29. The van der Waals surface area contributed by atoms with Gasteiger partial charge in [0.25, 0.3) is 0 Å². The number of thioether (sulfide) groups is 1. The summed E-state index contributed by atoms with van der Waals surface area (Å²) in [6, 6.07) is 23.0. The number of fused-ring (bicyclic) bond motifs is 3. The molecule has 5 aromatic rings. The third-order valence-electron chi connectivity index (χ3n) is 5.62. The molecule has 1 unspecified atom stereocenters. The first kappa shape index (κ1) is 21.3. The summed E-state index contributed by atoms with van der Waals surface area (Å²) >= 11 is 1.13. The number of nitriles is 2. The summed E-state index contributed by atoms with van der Waals surface area (Å²) in [6.45, 7) is 1.76. The van der Waals surface area contributed by atoms with Crippen molar-refractivity contribution in [1.29, 1.82) is 10.5 Å². The van der Waals surface area contributed by atoms with Crippen LogP contribution in [0.15, 0.2) is 76.4 Å². The Kier molecular flexibility index (Phi) is 5.29. The molecule has 164 valence electrons. The zero-order chi connectivity index (χ0) is 23.8. The fourth-order valence-corrected chi connectivity index (χ4v) is 5.07. The molecule has 0 saturated heterocycles. The maximum absolute atomic E-state index is 13.7. The number of benzene rings is 2. The van der Waals surface area contributed by atoms with Crippen molar-refractivity contribution in [2.24, 2.45) is 0 Å². The Hall–Kier alpha value is -4.53. The first-order chi connectivity index (χ1) is 16.5. The standard InChI is InChI=1S/C26H17N5O2S/c1-15(26(32)31-20-9-4-2-7-16(20)17-8-3-5-10-21(17)31)34-25-19(14-28)23(22-11-6-12-33-22)18(13-27)24(29)30-25/h2-12,15H,1H3,(H2,29,30). The lowest BCUT2D eigenvalue weighted by Gasteiger charge is -2.15. The number of nitrogen functional groups attached to an aromatic ring is 1. The van der Waals surface area contributed by atoms with Crippen LogP contribution in [0.2, 0.25) is 0 Å². The van der Waals surface area contributed by atoms with Crippen molar-refractivity contribution in [2.45, 2.75) is 17.2 Å². The van der Waals surface area contributed by atoms with Gasteiger partial charge in [-0.3, -0.25) is 9.36 Å². The lowest BCUT2D eigenvalue weighted by atomic mass is 10.0. The molecule has 2 aromatic carbocycles. The summed E-state index contributed by atoms with van der Waals surface area (Å²) in [5.74, 6) is 0.160. The molecule has 0 spiro atoms. The fourth-order valence-electron chi connectivity index (χ4n) is 4.11. The van der Waals surface area contributed by atoms with Crippen LogP contribution in [0.4, 0.5) is 5.82 Å². The van der Waals surface area contributed by atoms with Gasteiger partial charge < -0.3 is 10.2 Å². The Balaban J connectivity index is 1.61. The van der Waals surface area contributed by atoms with E-state index in [4.69, 9.17) is 10.2 Å². The van der Waals surface area contributed by atoms with E-state index < -0.39 is 5.25 Å². The van der Waals surface area contributed by atoms with E-state index in [-0.39, 0.29) is 33.4 Å². The van der Waals surface area contributed by atoms with E-state index in [0.29, 0.717) is 5.76 Å². The van der Waals surface area contributed by atoms with Crippen molar-refractivity contribution in [3.05, 3.63) is 78.1 Å². The molecule has 0 aliphatic heterocycles. The number of hydrogen-bond donors (Lipinski definition) is 1. The fraction of sp³-hybridized carbons (Fsp3) is 0.0769. The smallest absolute Gasteiger partial charge is 0.244 e. The second-order valence-corrected chi connectivity index (χ2v) is 8.93. The summed E-state index contributed by atoms with van der Waals surface area (Å²) in [4.78, 5) is 18.0. The maximum atomic E-state index is 13.7. The Bertz CT molecular complexity index is 1600. The summed E-state index contributed by atoms with van der Waals surface area (Å²) in [7, 11) is 0. The molecular formula is C26H17N5O2S. The highest BCUT2D eigenvalue weighted by atomic mass is 32.2. The van der Waals surface area contributed by atoms with Crippen LogP contribution < -0.4 is 5.73 Å². The molecule has 0 radical (unpaired) electrons. The number of carbonyl (C=O) groups is 1. The van der Waals surface area contributed by atoms with E-state index in [0.717, 1.165) is 33.6 Å². The summed E-state index contributed by atoms with van der Waals surface area (Å²) < 4.78 is 7.16. The van der Waals surface area contributed by atoms with Gasteiger partial charge in [0.15, 0.2) is 0 Å². The number of rotatable bonds is 4. The number of furan rings is 1. The molecule has 0 fully saturated rings. The van der Waals surface area contributed by atoms with Gasteiger partial charge in [-0.05, 0) is 31.2 Å². The number of para-hydroxylation sites is 2. The average molecular weight is 464 g/mol. The topological polar surface area (TPSA) is 122 Å². The third-order valence-corrected chi connectivity index (χ3v) is 6.69. The van der Waals surface area contributed by atoms with Gasteiger partial charge in [-0.15, -0.1) is 0 Å². The van der Waals surface area contributed by atoms with Crippen molar-refractivity contribution >= 4 is 45.3 Å². The molecule has 34 heavy (non-hydrogen) atoms. The molecule has 0 aliphatic rings. The van der Waals surface area contributed by atoms with E-state index in [9.17, 15) is 15.3 Å². The van der Waals surface area contributed by atoms with Gasteiger partial charge in [0.1, 0.15) is 34.3 Å². The minimum atomic E-state index is -0.601. The Morgan fingerprint density at radius 3 is 2.18 bits per heavy atom. The summed E-state index contributed by atoms with van der Waals surface area (Å²) in [6.07, 6.45) is 1.45. The molecule has 3 heterocycles. The van der Waals surface area contributed by atoms with E-state index in [1.54, 1.807) is 23.6 Å². The molecule has 3 aromatic heterocycles. The van der Waals surface area contributed by atoms with Crippen LogP contribution in [0, 0.1) is 22.7 Å². The van der Waals surface area contributed by atoms with E-state index in [1.165, 1.54) is 6.26 Å². The quantitative estimate of drug-likeness (QED) is 0.344. The minimum Gasteiger partial charge on any atom is -0.464 e. The van der Waals surface area contributed by atoms with Crippen LogP contribution in [-0.2, 0) is 0 Å². The van der Waals surface area contributed by atoms with Gasteiger partial charge in [-0.1, -0.05) is 48.2 Å². The monoisotopic (exact) mass is 463 g/mol. The average Bonchev–Trinajstić information content (AvgIpc) is 3.50. The Labute approximate surface area is 199 Å². The van der Waals surface area contributed by atoms with Crippen molar-refractivity contribution in [3.8, 4) is 23.5 Å². The number of carbonyl (C=O) groups excluding carboxylic acids is 1. The Morgan fingerprint density at radius 2 is 1.62 bits per heavy atom. The van der Waals surface area contributed by atoms with Gasteiger partial charge in [-0.2, -0.15) is 10.5 Å². The number of anilines is 1. The largest absolute Gasteiger partial charge is 0.464 e. The lowest BCUT2D eigenvalue weighted by Crippen LogP contribution is -2.21. The molecular weight excluding hydrogens is 446 g/mol. The molecule has 1 atom stereocenters. The lowest BCUT2D eigenvalue weighted by molar-refractivity contribution is 0.0925. The van der Waals surface area contributed by atoms with E-state index >= 15 is 0 Å². The summed E-state index contributed by atoms with van der Waals surface area (Å²) in [5.41, 5.74) is 8.18. The highest BCUT2D eigenvalue weighted by molar-refractivity contribution is 8.00. The van der Waals surface area contributed by atoms with E-state index in [2.05, 4.69) is 11.1 Å². The minimum absolute atomic E-state index is 0.0214. The van der Waals surface area contributed by atoms with Crippen LogP contribution in [-0.4, -0.2) is 20.7 Å². The highest BCUT2D eigenvalue weighted by Gasteiger charge is 2.27.